The molecule has 2 aromatic heterocycles. The minimum absolute atomic E-state index is 0.0173. The van der Waals surface area contributed by atoms with Gasteiger partial charge in [0.1, 0.15) is 5.82 Å². The zero-order chi connectivity index (χ0) is 11.7. The van der Waals surface area contributed by atoms with E-state index in [4.69, 9.17) is 5.11 Å². The first kappa shape index (κ1) is 10.7. The number of aliphatic carboxylic acids is 1. The van der Waals surface area contributed by atoms with Crippen molar-refractivity contribution >= 4 is 11.5 Å². The summed E-state index contributed by atoms with van der Waals surface area (Å²) in [6.45, 7) is 3.85. The lowest BCUT2D eigenvalue weighted by atomic mass is 10.00. The summed E-state index contributed by atoms with van der Waals surface area (Å²) in [5.74, 6) is 0.165. The molecule has 1 N–H and O–H groups in total. The molecule has 1 atom stereocenters. The lowest BCUT2D eigenvalue weighted by Gasteiger charge is -2.09. The Morgan fingerprint density at radius 1 is 1.56 bits per heavy atom. The van der Waals surface area contributed by atoms with E-state index in [0.717, 1.165) is 16.9 Å². The average Bonchev–Trinajstić information content (AvgIpc) is 2.59. The molecule has 0 aliphatic heterocycles. The molecule has 0 fully saturated rings. The van der Waals surface area contributed by atoms with Crippen LogP contribution < -0.4 is 0 Å². The van der Waals surface area contributed by atoms with Crippen LogP contribution in [0.5, 0.6) is 0 Å². The molecule has 2 aromatic rings. The SMILES string of the molecule is Cc1ncc2ccc(C(C)CC(=O)O)cn12. The van der Waals surface area contributed by atoms with E-state index in [2.05, 4.69) is 4.98 Å². The molecule has 16 heavy (non-hydrogen) atoms. The first-order valence-corrected chi connectivity index (χ1v) is 5.23. The summed E-state index contributed by atoms with van der Waals surface area (Å²) >= 11 is 0. The van der Waals surface area contributed by atoms with E-state index in [1.807, 2.05) is 36.6 Å². The molecule has 2 rings (SSSR count). The molecule has 2 heterocycles. The number of aryl methyl sites for hydroxylation is 1. The fraction of sp³-hybridized carbons (Fsp3) is 0.333. The highest BCUT2D eigenvalue weighted by atomic mass is 16.4. The number of hydrogen-bond donors (Lipinski definition) is 1. The number of rotatable bonds is 3. The van der Waals surface area contributed by atoms with E-state index in [0.29, 0.717) is 0 Å². The maximum absolute atomic E-state index is 10.6. The summed E-state index contributed by atoms with van der Waals surface area (Å²) < 4.78 is 1.98. The van der Waals surface area contributed by atoms with Gasteiger partial charge >= 0.3 is 5.97 Å². The van der Waals surface area contributed by atoms with Gasteiger partial charge < -0.3 is 9.51 Å². The van der Waals surface area contributed by atoms with Crippen LogP contribution >= 0.6 is 0 Å². The van der Waals surface area contributed by atoms with Crippen molar-refractivity contribution in [1.82, 2.24) is 9.38 Å². The Hall–Kier alpha value is -1.84. The first-order chi connectivity index (χ1) is 7.58. The summed E-state index contributed by atoms with van der Waals surface area (Å²) in [4.78, 5) is 14.8. The van der Waals surface area contributed by atoms with E-state index in [1.165, 1.54) is 0 Å². The van der Waals surface area contributed by atoms with Crippen LogP contribution in [0.3, 0.4) is 0 Å². The highest BCUT2D eigenvalue weighted by Gasteiger charge is 2.11. The molecule has 0 radical (unpaired) electrons. The summed E-state index contributed by atoms with van der Waals surface area (Å²) in [7, 11) is 0. The normalized spacial score (nSPS) is 12.9. The fourth-order valence-electron chi connectivity index (χ4n) is 1.81. The summed E-state index contributed by atoms with van der Waals surface area (Å²) in [5.41, 5.74) is 2.06. The average molecular weight is 218 g/mol. The number of pyridine rings is 1. The lowest BCUT2D eigenvalue weighted by molar-refractivity contribution is -0.137. The molecule has 0 saturated carbocycles. The number of carbonyl (C=O) groups is 1. The number of imidazole rings is 1. The summed E-state index contributed by atoms with van der Waals surface area (Å²) in [6, 6.07) is 3.93. The number of carboxylic acid groups (broad SMARTS) is 1. The largest absolute Gasteiger partial charge is 0.481 e. The molecular formula is C12H14N2O2. The van der Waals surface area contributed by atoms with Gasteiger partial charge in [0.25, 0.3) is 0 Å². The predicted molar refractivity (Wildman–Crippen MR) is 60.6 cm³/mol. The monoisotopic (exact) mass is 218 g/mol. The Bertz CT molecular complexity index is 531. The van der Waals surface area contributed by atoms with Gasteiger partial charge in [-0.1, -0.05) is 13.0 Å². The molecular weight excluding hydrogens is 204 g/mol. The topological polar surface area (TPSA) is 54.6 Å². The molecule has 84 valence electrons. The molecule has 0 bridgehead atoms. The highest BCUT2D eigenvalue weighted by molar-refractivity contribution is 5.68. The molecule has 4 heteroatoms. The predicted octanol–water partition coefficient (Wildman–Crippen LogP) is 2.22. The van der Waals surface area contributed by atoms with Crippen LogP contribution in [0.2, 0.25) is 0 Å². The number of nitrogens with zero attached hydrogens (tertiary/aromatic N) is 2. The minimum Gasteiger partial charge on any atom is -0.481 e. The number of carboxylic acids is 1. The summed E-state index contributed by atoms with van der Waals surface area (Å²) in [6.07, 6.45) is 3.92. The Labute approximate surface area is 93.5 Å². The number of fused-ring (bicyclic) bond motifs is 1. The summed E-state index contributed by atoms with van der Waals surface area (Å²) in [5, 5.41) is 8.75. The maximum atomic E-state index is 10.6. The molecule has 4 nitrogen and oxygen atoms in total. The fourth-order valence-corrected chi connectivity index (χ4v) is 1.81. The van der Waals surface area contributed by atoms with Crippen molar-refractivity contribution < 1.29 is 9.90 Å². The van der Waals surface area contributed by atoms with Crippen LogP contribution in [0.1, 0.15) is 30.7 Å². The van der Waals surface area contributed by atoms with Crippen molar-refractivity contribution in [2.45, 2.75) is 26.2 Å². The minimum atomic E-state index is -0.769. The van der Waals surface area contributed by atoms with Crippen molar-refractivity contribution in [2.24, 2.45) is 0 Å². The van der Waals surface area contributed by atoms with Crippen LogP contribution in [0.4, 0.5) is 0 Å². The first-order valence-electron chi connectivity index (χ1n) is 5.23. The molecule has 0 aliphatic carbocycles. The van der Waals surface area contributed by atoms with E-state index >= 15 is 0 Å². The van der Waals surface area contributed by atoms with Gasteiger partial charge in [-0.2, -0.15) is 0 Å². The molecule has 0 amide bonds. The second-order valence-corrected chi connectivity index (χ2v) is 4.06. The van der Waals surface area contributed by atoms with Crippen molar-refractivity contribution in [3.05, 3.63) is 35.9 Å². The Morgan fingerprint density at radius 2 is 2.31 bits per heavy atom. The van der Waals surface area contributed by atoms with Gasteiger partial charge in [0.15, 0.2) is 0 Å². The molecule has 0 saturated heterocycles. The third-order valence-corrected chi connectivity index (χ3v) is 2.79. The molecule has 0 spiro atoms. The smallest absolute Gasteiger partial charge is 0.303 e. The van der Waals surface area contributed by atoms with Crippen LogP contribution in [0, 0.1) is 6.92 Å². The van der Waals surface area contributed by atoms with Gasteiger partial charge in [0.2, 0.25) is 0 Å². The number of aromatic nitrogens is 2. The maximum Gasteiger partial charge on any atom is 0.303 e. The second kappa shape index (κ2) is 3.96. The second-order valence-electron chi connectivity index (χ2n) is 4.06. The van der Waals surface area contributed by atoms with Crippen LogP contribution in [-0.4, -0.2) is 20.5 Å². The third-order valence-electron chi connectivity index (χ3n) is 2.79. The number of hydrogen-bond acceptors (Lipinski definition) is 2. The molecule has 1 unspecified atom stereocenters. The van der Waals surface area contributed by atoms with E-state index in [9.17, 15) is 4.79 Å². The Balaban J connectivity index is 2.38. The lowest BCUT2D eigenvalue weighted by Crippen LogP contribution is -2.04. The zero-order valence-electron chi connectivity index (χ0n) is 9.34. The van der Waals surface area contributed by atoms with Crippen LogP contribution in [-0.2, 0) is 4.79 Å². The van der Waals surface area contributed by atoms with Gasteiger partial charge in [-0.15, -0.1) is 0 Å². The van der Waals surface area contributed by atoms with Crippen molar-refractivity contribution in [2.75, 3.05) is 0 Å². The standard InChI is InChI=1S/C12H14N2O2/c1-8(5-12(15)16)10-3-4-11-6-13-9(2)14(11)7-10/h3-4,6-8H,5H2,1-2H3,(H,15,16). The highest BCUT2D eigenvalue weighted by Crippen LogP contribution is 2.20. The van der Waals surface area contributed by atoms with Crippen molar-refractivity contribution in [3.8, 4) is 0 Å². The van der Waals surface area contributed by atoms with E-state index in [-0.39, 0.29) is 12.3 Å². The Kier molecular flexibility index (Phi) is 2.64. The quantitative estimate of drug-likeness (QED) is 0.859. The van der Waals surface area contributed by atoms with Gasteiger partial charge in [0.05, 0.1) is 18.1 Å². The van der Waals surface area contributed by atoms with E-state index < -0.39 is 5.97 Å². The molecule has 0 aliphatic rings. The van der Waals surface area contributed by atoms with Gasteiger partial charge in [-0.05, 0) is 24.5 Å². The van der Waals surface area contributed by atoms with E-state index in [1.54, 1.807) is 6.20 Å². The zero-order valence-corrected chi connectivity index (χ0v) is 9.34. The van der Waals surface area contributed by atoms with Crippen molar-refractivity contribution in [1.29, 1.82) is 0 Å². The van der Waals surface area contributed by atoms with Crippen molar-refractivity contribution in [3.63, 3.8) is 0 Å². The van der Waals surface area contributed by atoms with Gasteiger partial charge in [0, 0.05) is 6.20 Å². The van der Waals surface area contributed by atoms with Crippen LogP contribution in [0.25, 0.3) is 5.52 Å². The third kappa shape index (κ3) is 1.91. The molecule has 0 aromatic carbocycles. The van der Waals surface area contributed by atoms with Crippen LogP contribution in [0.15, 0.2) is 24.5 Å². The van der Waals surface area contributed by atoms with Gasteiger partial charge in [-0.25, -0.2) is 4.98 Å². The van der Waals surface area contributed by atoms with Gasteiger partial charge in [-0.3, -0.25) is 4.79 Å². The Morgan fingerprint density at radius 3 is 3.00 bits per heavy atom.